The van der Waals surface area contributed by atoms with Gasteiger partial charge in [0.05, 0.1) is 18.2 Å². The highest BCUT2D eigenvalue weighted by atomic mass is 32.2. The molecule has 0 amide bonds. The van der Waals surface area contributed by atoms with E-state index in [1.807, 2.05) is 12.1 Å². The quantitative estimate of drug-likeness (QED) is 0.616. The molecule has 0 saturated heterocycles. The summed E-state index contributed by atoms with van der Waals surface area (Å²) in [5.41, 5.74) is 1.56. The van der Waals surface area contributed by atoms with E-state index in [-0.39, 0.29) is 17.7 Å². The number of esters is 1. The van der Waals surface area contributed by atoms with Crippen molar-refractivity contribution in [1.82, 2.24) is 10.2 Å². The molecule has 20 heavy (non-hydrogen) atoms. The predicted molar refractivity (Wildman–Crippen MR) is 71.0 cm³/mol. The van der Waals surface area contributed by atoms with Crippen LogP contribution in [0.5, 0.6) is 0 Å². The van der Waals surface area contributed by atoms with Gasteiger partial charge in [-0.1, -0.05) is 29.0 Å². The van der Waals surface area contributed by atoms with Crippen molar-refractivity contribution < 1.29 is 13.9 Å². The van der Waals surface area contributed by atoms with Crippen LogP contribution in [0.3, 0.4) is 0 Å². The minimum Gasteiger partial charge on any atom is -0.459 e. The molecule has 0 unspecified atom stereocenters. The maximum atomic E-state index is 11.4. The maximum absolute atomic E-state index is 11.4. The van der Waals surface area contributed by atoms with Crippen LogP contribution in [0.2, 0.25) is 0 Å². The van der Waals surface area contributed by atoms with Gasteiger partial charge in [0.1, 0.15) is 0 Å². The van der Waals surface area contributed by atoms with Gasteiger partial charge in [0.15, 0.2) is 0 Å². The number of nitriles is 1. The van der Waals surface area contributed by atoms with Crippen molar-refractivity contribution in [2.45, 2.75) is 17.9 Å². The number of benzene rings is 1. The monoisotopic (exact) mass is 289 g/mol. The van der Waals surface area contributed by atoms with Crippen LogP contribution in [0.25, 0.3) is 0 Å². The van der Waals surface area contributed by atoms with E-state index < -0.39 is 5.97 Å². The summed E-state index contributed by atoms with van der Waals surface area (Å²) in [5.74, 6) is -0.210. The van der Waals surface area contributed by atoms with Crippen molar-refractivity contribution in [2.75, 3.05) is 6.61 Å². The van der Waals surface area contributed by atoms with Crippen molar-refractivity contribution in [3.8, 4) is 6.07 Å². The highest BCUT2D eigenvalue weighted by Gasteiger charge is 2.16. The summed E-state index contributed by atoms with van der Waals surface area (Å²) in [4.78, 5) is 11.4. The van der Waals surface area contributed by atoms with Gasteiger partial charge >= 0.3 is 11.9 Å². The molecule has 0 saturated carbocycles. The summed E-state index contributed by atoms with van der Waals surface area (Å²) >= 11 is 1.29. The Hall–Kier alpha value is -2.33. The maximum Gasteiger partial charge on any atom is 0.396 e. The molecule has 0 aliphatic heterocycles. The van der Waals surface area contributed by atoms with Crippen LogP contribution in [-0.2, 0) is 10.5 Å². The molecule has 0 fully saturated rings. The molecule has 0 radical (unpaired) electrons. The molecule has 1 heterocycles. The highest BCUT2D eigenvalue weighted by molar-refractivity contribution is 7.98. The number of nitrogens with zero attached hydrogens (tertiary/aromatic N) is 3. The fourth-order valence-electron chi connectivity index (χ4n) is 1.42. The van der Waals surface area contributed by atoms with Crippen molar-refractivity contribution in [1.29, 1.82) is 5.26 Å². The van der Waals surface area contributed by atoms with Crippen LogP contribution in [0.1, 0.15) is 28.7 Å². The van der Waals surface area contributed by atoms with Crippen molar-refractivity contribution in [3.05, 3.63) is 41.3 Å². The molecule has 0 N–H and O–H groups in total. The van der Waals surface area contributed by atoms with Crippen LogP contribution < -0.4 is 0 Å². The number of thioether (sulfide) groups is 1. The topological polar surface area (TPSA) is 89.0 Å². The first-order valence-electron chi connectivity index (χ1n) is 5.85. The highest BCUT2D eigenvalue weighted by Crippen LogP contribution is 2.22. The first-order chi connectivity index (χ1) is 9.72. The molecule has 1 aromatic carbocycles. The van der Waals surface area contributed by atoms with E-state index in [9.17, 15) is 4.79 Å². The number of carbonyl (C=O) groups excluding carboxylic acids is 1. The van der Waals surface area contributed by atoms with Gasteiger partial charge in [-0.15, -0.1) is 5.10 Å². The predicted octanol–water partition coefficient (Wildman–Crippen LogP) is 2.41. The second-order valence-electron chi connectivity index (χ2n) is 3.69. The van der Waals surface area contributed by atoms with E-state index in [4.69, 9.17) is 14.4 Å². The summed E-state index contributed by atoms with van der Waals surface area (Å²) in [5, 5.41) is 16.5. The van der Waals surface area contributed by atoms with Crippen molar-refractivity contribution in [2.24, 2.45) is 0 Å². The van der Waals surface area contributed by atoms with Crippen LogP contribution in [0.15, 0.2) is 33.9 Å². The van der Waals surface area contributed by atoms with E-state index in [0.29, 0.717) is 11.3 Å². The number of aromatic nitrogens is 2. The lowest BCUT2D eigenvalue weighted by Gasteiger charge is -1.98. The fourth-order valence-corrected chi connectivity index (χ4v) is 2.13. The Morgan fingerprint density at radius 1 is 1.50 bits per heavy atom. The zero-order valence-corrected chi connectivity index (χ0v) is 11.5. The van der Waals surface area contributed by atoms with Crippen LogP contribution in [-0.4, -0.2) is 22.8 Å². The Balaban J connectivity index is 1.97. The third kappa shape index (κ3) is 3.59. The summed E-state index contributed by atoms with van der Waals surface area (Å²) < 4.78 is 9.93. The van der Waals surface area contributed by atoms with Crippen molar-refractivity contribution >= 4 is 17.7 Å². The van der Waals surface area contributed by atoms with Gasteiger partial charge < -0.3 is 9.15 Å². The van der Waals surface area contributed by atoms with Gasteiger partial charge in [0, 0.05) is 5.75 Å². The number of ether oxygens (including phenoxy) is 1. The van der Waals surface area contributed by atoms with Crippen LogP contribution in [0, 0.1) is 11.3 Å². The molecule has 7 heteroatoms. The molecular weight excluding hydrogens is 278 g/mol. The lowest BCUT2D eigenvalue weighted by atomic mass is 10.2. The molecular formula is C13H11N3O3S. The molecule has 0 aliphatic carbocycles. The molecule has 6 nitrogen and oxygen atoms in total. The molecule has 2 aromatic rings. The third-order valence-corrected chi connectivity index (χ3v) is 3.16. The lowest BCUT2D eigenvalue weighted by Crippen LogP contribution is -2.04. The van der Waals surface area contributed by atoms with E-state index in [2.05, 4.69) is 16.3 Å². The van der Waals surface area contributed by atoms with E-state index in [1.165, 1.54) is 11.8 Å². The van der Waals surface area contributed by atoms with Gasteiger partial charge in [0.2, 0.25) is 0 Å². The fraction of sp³-hybridized carbons (Fsp3) is 0.231. The Morgan fingerprint density at radius 2 is 2.35 bits per heavy atom. The normalized spacial score (nSPS) is 10.0. The van der Waals surface area contributed by atoms with Crippen LogP contribution in [0.4, 0.5) is 0 Å². The molecule has 102 valence electrons. The smallest absolute Gasteiger partial charge is 0.396 e. The Labute approximate surface area is 119 Å². The standard InChI is InChI=1S/C13H11N3O3S/c1-2-18-12(17)11-15-16-13(19-11)20-8-10-5-3-4-9(6-10)7-14/h3-6H,2,8H2,1H3. The summed E-state index contributed by atoms with van der Waals surface area (Å²) in [6.45, 7) is 1.96. The van der Waals surface area contributed by atoms with Gasteiger partial charge in [-0.25, -0.2) is 4.79 Å². The van der Waals surface area contributed by atoms with E-state index >= 15 is 0 Å². The number of carbonyl (C=O) groups is 1. The minimum atomic E-state index is -0.627. The summed E-state index contributed by atoms with van der Waals surface area (Å²) in [6.07, 6.45) is 0. The largest absolute Gasteiger partial charge is 0.459 e. The molecule has 0 spiro atoms. The van der Waals surface area contributed by atoms with E-state index in [1.54, 1.807) is 19.1 Å². The number of rotatable bonds is 5. The average molecular weight is 289 g/mol. The zero-order valence-electron chi connectivity index (χ0n) is 10.7. The molecule has 1 aromatic heterocycles. The Morgan fingerprint density at radius 3 is 3.10 bits per heavy atom. The van der Waals surface area contributed by atoms with Gasteiger partial charge in [-0.05, 0) is 24.6 Å². The molecule has 0 bridgehead atoms. The van der Waals surface area contributed by atoms with E-state index in [0.717, 1.165) is 5.56 Å². The molecule has 0 atom stereocenters. The lowest BCUT2D eigenvalue weighted by molar-refractivity contribution is 0.0475. The summed E-state index contributed by atoms with van der Waals surface area (Å²) in [7, 11) is 0. The zero-order chi connectivity index (χ0) is 14.4. The van der Waals surface area contributed by atoms with Gasteiger partial charge in [-0.3, -0.25) is 0 Å². The Bertz CT molecular complexity index is 648. The summed E-state index contributed by atoms with van der Waals surface area (Å²) in [6, 6.07) is 9.31. The molecule has 0 aliphatic rings. The average Bonchev–Trinajstić information content (AvgIpc) is 2.94. The first-order valence-corrected chi connectivity index (χ1v) is 6.84. The SMILES string of the molecule is CCOC(=O)c1nnc(SCc2cccc(C#N)c2)o1. The Kier molecular flexibility index (Phi) is 4.74. The van der Waals surface area contributed by atoms with Gasteiger partial charge in [-0.2, -0.15) is 5.26 Å². The molecule has 2 rings (SSSR count). The third-order valence-electron chi connectivity index (χ3n) is 2.27. The minimum absolute atomic E-state index is 0.153. The van der Waals surface area contributed by atoms with Crippen LogP contribution >= 0.6 is 11.8 Å². The number of hydrogen-bond acceptors (Lipinski definition) is 7. The number of hydrogen-bond donors (Lipinski definition) is 0. The second kappa shape index (κ2) is 6.73. The second-order valence-corrected chi connectivity index (χ2v) is 4.62. The van der Waals surface area contributed by atoms with Crippen molar-refractivity contribution in [3.63, 3.8) is 0 Å². The first kappa shape index (κ1) is 14.1. The van der Waals surface area contributed by atoms with Gasteiger partial charge in [0.25, 0.3) is 5.22 Å².